The Balaban J connectivity index is 2.23. The third-order valence-corrected chi connectivity index (χ3v) is 5.93. The summed E-state index contributed by atoms with van der Waals surface area (Å²) < 4.78 is 3.30. The molecule has 1 aromatic rings. The average Bonchev–Trinajstić information content (AvgIpc) is 2.71. The van der Waals surface area contributed by atoms with Crippen molar-refractivity contribution in [1.29, 1.82) is 0 Å². The molecule has 1 heterocycles. The number of nitrogens with zero attached hydrogens (tertiary/aromatic N) is 2. The van der Waals surface area contributed by atoms with Crippen molar-refractivity contribution in [2.24, 2.45) is 17.6 Å². The molecule has 0 bridgehead atoms. The van der Waals surface area contributed by atoms with Gasteiger partial charge in [-0.25, -0.2) is 0 Å². The maximum absolute atomic E-state index is 6.72. The molecule has 1 fully saturated rings. The first-order chi connectivity index (χ1) is 9.40. The van der Waals surface area contributed by atoms with Crippen molar-refractivity contribution < 1.29 is 0 Å². The highest BCUT2D eigenvalue weighted by atomic mass is 79.9. The van der Waals surface area contributed by atoms with Crippen LogP contribution in [0.25, 0.3) is 0 Å². The fourth-order valence-corrected chi connectivity index (χ4v) is 4.13. The predicted octanol–water partition coefficient (Wildman–Crippen LogP) is 3.92. The molecule has 3 nitrogen and oxygen atoms in total. The van der Waals surface area contributed by atoms with Gasteiger partial charge in [0.2, 0.25) is 0 Å². The summed E-state index contributed by atoms with van der Waals surface area (Å²) in [5.41, 5.74) is 9.10. The molecule has 0 spiro atoms. The SMILES string of the molecule is CCc1nn(CC)c(CC2(N)CCC(C)C(C)C2)c1Br. The Bertz CT molecular complexity index is 469. The quantitative estimate of drug-likeness (QED) is 0.901. The van der Waals surface area contributed by atoms with Gasteiger partial charge in [-0.05, 0) is 60.4 Å². The standard InChI is InChI=1S/C16H28BrN3/c1-5-13-15(17)14(20(6-2)19-13)10-16(18)8-7-11(3)12(4)9-16/h11-12H,5-10,18H2,1-4H3. The largest absolute Gasteiger partial charge is 0.325 e. The molecule has 114 valence electrons. The Kier molecular flexibility index (Phi) is 4.96. The summed E-state index contributed by atoms with van der Waals surface area (Å²) in [6, 6.07) is 0. The first-order valence-corrected chi connectivity index (χ1v) is 8.72. The van der Waals surface area contributed by atoms with Crippen molar-refractivity contribution in [2.45, 2.75) is 71.9 Å². The molecule has 3 unspecified atom stereocenters. The van der Waals surface area contributed by atoms with Crippen LogP contribution in [0, 0.1) is 11.8 Å². The zero-order valence-corrected chi connectivity index (χ0v) is 14.8. The third-order valence-electron chi connectivity index (χ3n) is 5.01. The van der Waals surface area contributed by atoms with Crippen LogP contribution in [0.15, 0.2) is 4.47 Å². The van der Waals surface area contributed by atoms with Crippen LogP contribution in [-0.2, 0) is 19.4 Å². The molecule has 0 aromatic carbocycles. The Morgan fingerprint density at radius 3 is 2.60 bits per heavy atom. The monoisotopic (exact) mass is 341 g/mol. The second kappa shape index (κ2) is 6.18. The minimum absolute atomic E-state index is 0.0631. The van der Waals surface area contributed by atoms with Gasteiger partial charge in [0.15, 0.2) is 0 Å². The molecule has 2 N–H and O–H groups in total. The first kappa shape index (κ1) is 16.0. The van der Waals surface area contributed by atoms with Crippen molar-refractivity contribution >= 4 is 15.9 Å². The highest BCUT2D eigenvalue weighted by Gasteiger charge is 2.36. The summed E-state index contributed by atoms with van der Waals surface area (Å²) in [5, 5.41) is 4.69. The lowest BCUT2D eigenvalue weighted by Gasteiger charge is -2.40. The van der Waals surface area contributed by atoms with Gasteiger partial charge in [-0.3, -0.25) is 4.68 Å². The summed E-state index contributed by atoms with van der Waals surface area (Å²) in [7, 11) is 0. The van der Waals surface area contributed by atoms with Crippen LogP contribution in [0.5, 0.6) is 0 Å². The summed E-state index contributed by atoms with van der Waals surface area (Å²) in [6.07, 6.45) is 5.39. The number of hydrogen-bond donors (Lipinski definition) is 1. The van der Waals surface area contributed by atoms with Crippen LogP contribution in [0.2, 0.25) is 0 Å². The molecular weight excluding hydrogens is 314 g/mol. The van der Waals surface area contributed by atoms with Gasteiger partial charge in [-0.2, -0.15) is 5.10 Å². The van der Waals surface area contributed by atoms with E-state index in [-0.39, 0.29) is 5.54 Å². The molecule has 0 radical (unpaired) electrons. The van der Waals surface area contributed by atoms with Gasteiger partial charge in [0.05, 0.1) is 15.9 Å². The van der Waals surface area contributed by atoms with Crippen LogP contribution in [-0.4, -0.2) is 15.3 Å². The Hall–Kier alpha value is -0.350. The van der Waals surface area contributed by atoms with Crippen LogP contribution in [0.4, 0.5) is 0 Å². The molecule has 20 heavy (non-hydrogen) atoms. The lowest BCUT2D eigenvalue weighted by Crippen LogP contribution is -2.48. The molecule has 0 amide bonds. The van der Waals surface area contributed by atoms with Gasteiger partial charge in [0.1, 0.15) is 0 Å². The Morgan fingerprint density at radius 2 is 2.05 bits per heavy atom. The maximum atomic E-state index is 6.72. The Morgan fingerprint density at radius 1 is 1.35 bits per heavy atom. The number of rotatable bonds is 4. The van der Waals surface area contributed by atoms with Gasteiger partial charge in [0, 0.05) is 18.5 Å². The second-order valence-corrected chi connectivity index (χ2v) is 7.41. The highest BCUT2D eigenvalue weighted by Crippen LogP contribution is 2.38. The predicted molar refractivity (Wildman–Crippen MR) is 87.8 cm³/mol. The van der Waals surface area contributed by atoms with Crippen molar-refractivity contribution in [3.63, 3.8) is 0 Å². The van der Waals surface area contributed by atoms with Crippen molar-refractivity contribution in [2.75, 3.05) is 0 Å². The minimum atomic E-state index is -0.0631. The summed E-state index contributed by atoms with van der Waals surface area (Å²) >= 11 is 3.74. The fourth-order valence-electron chi connectivity index (χ4n) is 3.42. The molecule has 2 rings (SSSR count). The molecule has 0 aliphatic heterocycles. The first-order valence-electron chi connectivity index (χ1n) is 7.93. The van der Waals surface area contributed by atoms with Crippen LogP contribution >= 0.6 is 15.9 Å². The van der Waals surface area contributed by atoms with E-state index in [9.17, 15) is 0 Å². The molecule has 0 saturated heterocycles. The second-order valence-electron chi connectivity index (χ2n) is 6.61. The number of aromatic nitrogens is 2. The normalized spacial score (nSPS) is 30.7. The smallest absolute Gasteiger partial charge is 0.0766 e. The Labute approximate surface area is 131 Å². The topological polar surface area (TPSA) is 43.8 Å². The van der Waals surface area contributed by atoms with E-state index >= 15 is 0 Å². The van der Waals surface area contributed by atoms with E-state index in [4.69, 9.17) is 10.8 Å². The van der Waals surface area contributed by atoms with Crippen molar-refractivity contribution in [3.05, 3.63) is 15.9 Å². The maximum Gasteiger partial charge on any atom is 0.0766 e. The molecule has 3 atom stereocenters. The van der Waals surface area contributed by atoms with E-state index in [0.29, 0.717) is 0 Å². The van der Waals surface area contributed by atoms with E-state index in [1.807, 2.05) is 0 Å². The lowest BCUT2D eigenvalue weighted by molar-refractivity contribution is 0.173. The molecule has 1 saturated carbocycles. The van der Waals surface area contributed by atoms with Crippen molar-refractivity contribution in [3.8, 4) is 0 Å². The number of hydrogen-bond acceptors (Lipinski definition) is 2. The lowest BCUT2D eigenvalue weighted by atomic mass is 9.70. The third kappa shape index (κ3) is 3.11. The van der Waals surface area contributed by atoms with Crippen LogP contribution in [0.3, 0.4) is 0 Å². The van der Waals surface area contributed by atoms with Gasteiger partial charge >= 0.3 is 0 Å². The minimum Gasteiger partial charge on any atom is -0.325 e. The van der Waals surface area contributed by atoms with E-state index in [2.05, 4.69) is 48.3 Å². The van der Waals surface area contributed by atoms with E-state index in [1.165, 1.54) is 16.6 Å². The summed E-state index contributed by atoms with van der Waals surface area (Å²) in [5.74, 6) is 1.52. The molecule has 1 aliphatic rings. The summed E-state index contributed by atoms with van der Waals surface area (Å²) in [6.45, 7) is 9.91. The van der Waals surface area contributed by atoms with Crippen molar-refractivity contribution in [1.82, 2.24) is 9.78 Å². The zero-order valence-electron chi connectivity index (χ0n) is 13.2. The van der Waals surface area contributed by atoms with Crippen LogP contribution in [0.1, 0.15) is 58.3 Å². The van der Waals surface area contributed by atoms with E-state index in [0.717, 1.165) is 49.8 Å². The average molecular weight is 342 g/mol. The number of nitrogens with two attached hydrogens (primary N) is 1. The van der Waals surface area contributed by atoms with E-state index in [1.54, 1.807) is 0 Å². The van der Waals surface area contributed by atoms with Gasteiger partial charge < -0.3 is 5.73 Å². The molecular formula is C16H28BrN3. The van der Waals surface area contributed by atoms with Crippen LogP contribution < -0.4 is 5.73 Å². The molecule has 4 heteroatoms. The van der Waals surface area contributed by atoms with E-state index < -0.39 is 0 Å². The zero-order chi connectivity index (χ0) is 14.9. The fraction of sp³-hybridized carbons (Fsp3) is 0.812. The molecule has 1 aromatic heterocycles. The summed E-state index contributed by atoms with van der Waals surface area (Å²) in [4.78, 5) is 0. The highest BCUT2D eigenvalue weighted by molar-refractivity contribution is 9.10. The van der Waals surface area contributed by atoms with Gasteiger partial charge in [0.25, 0.3) is 0 Å². The number of halogens is 1. The molecule has 1 aliphatic carbocycles. The van der Waals surface area contributed by atoms with Gasteiger partial charge in [-0.15, -0.1) is 0 Å². The van der Waals surface area contributed by atoms with Gasteiger partial charge in [-0.1, -0.05) is 20.8 Å². The number of aryl methyl sites for hydroxylation is 2.